The number of rotatable bonds is 2. The van der Waals surface area contributed by atoms with Gasteiger partial charge >= 0.3 is 0 Å². The van der Waals surface area contributed by atoms with E-state index < -0.39 is 0 Å². The SMILES string of the molecule is CC1(CO)CCCN(C2CCCc3ccc(F)cc32)C1. The Morgan fingerprint density at radius 2 is 2.25 bits per heavy atom. The Labute approximate surface area is 120 Å². The highest BCUT2D eigenvalue weighted by Gasteiger charge is 2.35. The quantitative estimate of drug-likeness (QED) is 0.896. The zero-order chi connectivity index (χ0) is 14.2. The Kier molecular flexibility index (Phi) is 3.83. The Morgan fingerprint density at radius 3 is 3.05 bits per heavy atom. The first-order chi connectivity index (χ1) is 9.61. The van der Waals surface area contributed by atoms with Gasteiger partial charge in [0.2, 0.25) is 0 Å². The average Bonchev–Trinajstić information content (AvgIpc) is 2.46. The molecule has 2 unspecified atom stereocenters. The van der Waals surface area contributed by atoms with Crippen molar-refractivity contribution in [3.8, 4) is 0 Å². The summed E-state index contributed by atoms with van der Waals surface area (Å²) < 4.78 is 13.6. The second-order valence-electron chi connectivity index (χ2n) is 6.79. The maximum Gasteiger partial charge on any atom is 0.123 e. The van der Waals surface area contributed by atoms with Crippen LogP contribution < -0.4 is 0 Å². The first-order valence-electron chi connectivity index (χ1n) is 7.75. The molecule has 20 heavy (non-hydrogen) atoms. The largest absolute Gasteiger partial charge is 0.396 e. The third kappa shape index (κ3) is 2.61. The van der Waals surface area contributed by atoms with E-state index >= 15 is 0 Å². The Morgan fingerprint density at radius 1 is 1.40 bits per heavy atom. The Bertz CT molecular complexity index is 490. The molecular formula is C17H24FNO. The van der Waals surface area contributed by atoms with Crippen molar-refractivity contribution in [2.45, 2.75) is 45.1 Å². The smallest absolute Gasteiger partial charge is 0.123 e. The van der Waals surface area contributed by atoms with E-state index in [1.165, 1.54) is 17.5 Å². The Hall–Kier alpha value is -0.930. The first kappa shape index (κ1) is 14.0. The fourth-order valence-corrected chi connectivity index (χ4v) is 3.88. The van der Waals surface area contributed by atoms with Crippen LogP contribution in [0.25, 0.3) is 0 Å². The van der Waals surface area contributed by atoms with Gasteiger partial charge in [-0.15, -0.1) is 0 Å². The second-order valence-corrected chi connectivity index (χ2v) is 6.79. The molecule has 2 atom stereocenters. The van der Waals surface area contributed by atoms with Gasteiger partial charge in [0.05, 0.1) is 0 Å². The molecule has 0 spiro atoms. The highest BCUT2D eigenvalue weighted by atomic mass is 19.1. The van der Waals surface area contributed by atoms with Crippen LogP contribution in [0.2, 0.25) is 0 Å². The van der Waals surface area contributed by atoms with Gasteiger partial charge in [-0.25, -0.2) is 4.39 Å². The number of benzene rings is 1. The van der Waals surface area contributed by atoms with Gasteiger partial charge in [0.1, 0.15) is 5.82 Å². The van der Waals surface area contributed by atoms with E-state index in [4.69, 9.17) is 0 Å². The van der Waals surface area contributed by atoms with Gasteiger partial charge in [-0.2, -0.15) is 0 Å². The summed E-state index contributed by atoms with van der Waals surface area (Å²) in [5.41, 5.74) is 2.49. The van der Waals surface area contributed by atoms with Crippen molar-refractivity contribution in [3.05, 3.63) is 35.1 Å². The van der Waals surface area contributed by atoms with E-state index in [0.717, 1.165) is 38.8 Å². The number of hydrogen-bond acceptors (Lipinski definition) is 2. The summed E-state index contributed by atoms with van der Waals surface area (Å²) in [7, 11) is 0. The number of hydrogen-bond donors (Lipinski definition) is 1. The number of piperidine rings is 1. The van der Waals surface area contributed by atoms with Crippen LogP contribution in [0.3, 0.4) is 0 Å². The predicted octanol–water partition coefficient (Wildman–Crippen LogP) is 3.30. The van der Waals surface area contributed by atoms with E-state index in [0.29, 0.717) is 6.04 Å². The normalized spacial score (nSPS) is 31.1. The third-order valence-electron chi connectivity index (χ3n) is 5.02. The lowest BCUT2D eigenvalue weighted by Gasteiger charge is -2.45. The topological polar surface area (TPSA) is 23.5 Å². The van der Waals surface area contributed by atoms with Crippen LogP contribution in [-0.2, 0) is 6.42 Å². The molecule has 0 bridgehead atoms. The van der Waals surface area contributed by atoms with E-state index in [1.807, 2.05) is 6.07 Å². The summed E-state index contributed by atoms with van der Waals surface area (Å²) in [4.78, 5) is 2.47. The highest BCUT2D eigenvalue weighted by Crippen LogP contribution is 2.39. The molecule has 1 fully saturated rings. The summed E-state index contributed by atoms with van der Waals surface area (Å²) in [6.45, 7) is 4.39. The molecule has 2 nitrogen and oxygen atoms in total. The van der Waals surface area contributed by atoms with E-state index in [-0.39, 0.29) is 17.8 Å². The summed E-state index contributed by atoms with van der Waals surface area (Å²) in [5, 5.41) is 9.62. The van der Waals surface area contributed by atoms with Crippen molar-refractivity contribution in [3.63, 3.8) is 0 Å². The van der Waals surface area contributed by atoms with Crippen molar-refractivity contribution >= 4 is 0 Å². The highest BCUT2D eigenvalue weighted by molar-refractivity contribution is 5.33. The van der Waals surface area contributed by atoms with Crippen LogP contribution in [0.15, 0.2) is 18.2 Å². The standard InChI is InChI=1S/C17H24FNO/c1-17(12-20)8-3-9-19(11-17)16-5-2-4-13-6-7-14(18)10-15(13)16/h6-7,10,16,20H,2-5,8-9,11-12H2,1H3. The van der Waals surface area contributed by atoms with Crippen molar-refractivity contribution < 1.29 is 9.50 Å². The van der Waals surface area contributed by atoms with Gasteiger partial charge in [-0.3, -0.25) is 4.90 Å². The molecule has 1 heterocycles. The van der Waals surface area contributed by atoms with Crippen LogP contribution in [0.4, 0.5) is 4.39 Å². The maximum absolute atomic E-state index is 13.6. The van der Waals surface area contributed by atoms with Crippen LogP contribution in [-0.4, -0.2) is 29.7 Å². The number of aryl methyl sites for hydroxylation is 1. The monoisotopic (exact) mass is 277 g/mol. The molecule has 1 aliphatic carbocycles. The molecule has 0 saturated carbocycles. The molecule has 1 saturated heterocycles. The summed E-state index contributed by atoms with van der Waals surface area (Å²) in [6.07, 6.45) is 5.56. The second kappa shape index (κ2) is 5.45. The van der Waals surface area contributed by atoms with Crippen molar-refractivity contribution in [1.29, 1.82) is 0 Å². The summed E-state index contributed by atoms with van der Waals surface area (Å²) in [5.74, 6) is -0.127. The maximum atomic E-state index is 13.6. The molecule has 110 valence electrons. The van der Waals surface area contributed by atoms with Gasteiger partial charge in [-0.05, 0) is 61.9 Å². The lowest BCUT2D eigenvalue weighted by Crippen LogP contribution is -2.45. The number of fused-ring (bicyclic) bond motifs is 1. The Balaban J connectivity index is 1.87. The molecule has 3 heteroatoms. The number of halogens is 1. The number of aliphatic hydroxyl groups is 1. The summed E-state index contributed by atoms with van der Waals surface area (Å²) in [6, 6.07) is 5.59. The van der Waals surface area contributed by atoms with Gasteiger partial charge < -0.3 is 5.11 Å². The van der Waals surface area contributed by atoms with Crippen LogP contribution in [0.1, 0.15) is 49.8 Å². The van der Waals surface area contributed by atoms with Crippen molar-refractivity contribution in [2.24, 2.45) is 5.41 Å². The third-order valence-corrected chi connectivity index (χ3v) is 5.02. The van der Waals surface area contributed by atoms with Gasteiger partial charge in [0, 0.05) is 24.6 Å². The van der Waals surface area contributed by atoms with Crippen LogP contribution in [0, 0.1) is 11.2 Å². The zero-order valence-electron chi connectivity index (χ0n) is 12.2. The first-order valence-corrected chi connectivity index (χ1v) is 7.75. The molecule has 3 rings (SSSR count). The molecular weight excluding hydrogens is 253 g/mol. The molecule has 1 aromatic rings. The van der Waals surface area contributed by atoms with Crippen LogP contribution in [0.5, 0.6) is 0 Å². The molecule has 0 aromatic heterocycles. The fraction of sp³-hybridized carbons (Fsp3) is 0.647. The minimum Gasteiger partial charge on any atom is -0.396 e. The average molecular weight is 277 g/mol. The van der Waals surface area contributed by atoms with E-state index in [2.05, 4.69) is 11.8 Å². The fourth-order valence-electron chi connectivity index (χ4n) is 3.88. The van der Waals surface area contributed by atoms with E-state index in [9.17, 15) is 9.50 Å². The molecule has 1 aliphatic heterocycles. The van der Waals surface area contributed by atoms with Crippen LogP contribution >= 0.6 is 0 Å². The van der Waals surface area contributed by atoms with E-state index in [1.54, 1.807) is 12.1 Å². The van der Waals surface area contributed by atoms with Crippen molar-refractivity contribution in [1.82, 2.24) is 4.90 Å². The zero-order valence-corrected chi connectivity index (χ0v) is 12.2. The molecule has 0 radical (unpaired) electrons. The molecule has 2 aliphatic rings. The minimum absolute atomic E-state index is 0.00316. The number of likely N-dealkylation sites (tertiary alicyclic amines) is 1. The number of aliphatic hydroxyl groups excluding tert-OH is 1. The molecule has 1 N–H and O–H groups in total. The lowest BCUT2D eigenvalue weighted by molar-refractivity contribution is 0.0201. The summed E-state index contributed by atoms with van der Waals surface area (Å²) >= 11 is 0. The van der Waals surface area contributed by atoms with Gasteiger partial charge in [0.25, 0.3) is 0 Å². The molecule has 0 amide bonds. The number of nitrogens with zero attached hydrogens (tertiary/aromatic N) is 1. The van der Waals surface area contributed by atoms with Gasteiger partial charge in [-0.1, -0.05) is 13.0 Å². The van der Waals surface area contributed by atoms with Crippen molar-refractivity contribution in [2.75, 3.05) is 19.7 Å². The molecule has 1 aromatic carbocycles. The van der Waals surface area contributed by atoms with Gasteiger partial charge in [0.15, 0.2) is 0 Å². The lowest BCUT2D eigenvalue weighted by atomic mass is 9.79. The predicted molar refractivity (Wildman–Crippen MR) is 78.1 cm³/mol. The minimum atomic E-state index is -0.127.